The number of fused-ring (bicyclic) bond motifs is 4. The average molecular weight is 230 g/mol. The van der Waals surface area contributed by atoms with Gasteiger partial charge in [0.2, 0.25) is 0 Å². The second kappa shape index (κ2) is 3.58. The van der Waals surface area contributed by atoms with Gasteiger partial charge in [-0.3, -0.25) is 0 Å². The average Bonchev–Trinajstić information content (AvgIpc) is 2.51. The molecule has 18 heavy (non-hydrogen) atoms. The van der Waals surface area contributed by atoms with E-state index in [4.69, 9.17) is 2.74 Å². The lowest BCUT2D eigenvalue weighted by Crippen LogP contribution is -1.79. The molecule has 0 bridgehead atoms. The van der Waals surface area contributed by atoms with Crippen LogP contribution < -0.4 is 0 Å². The Labute approximate surface area is 108 Å². The Morgan fingerprint density at radius 1 is 0.500 bits per heavy atom. The van der Waals surface area contributed by atoms with Crippen LogP contribution in [0.5, 0.6) is 0 Å². The first-order valence-electron chi connectivity index (χ1n) is 7.07. The Morgan fingerprint density at radius 2 is 1.11 bits per heavy atom. The molecule has 0 N–H and O–H groups in total. The quantitative estimate of drug-likeness (QED) is 0.289. The summed E-state index contributed by atoms with van der Waals surface area (Å²) in [6, 6.07) is 20.8. The Balaban J connectivity index is 2.38. The van der Waals surface area contributed by atoms with Gasteiger partial charge in [0.1, 0.15) is 0 Å². The van der Waals surface area contributed by atoms with Crippen molar-refractivity contribution in [3.63, 3.8) is 0 Å². The Morgan fingerprint density at radius 3 is 1.94 bits per heavy atom. The third kappa shape index (κ3) is 1.32. The summed E-state index contributed by atoms with van der Waals surface area (Å²) in [6.07, 6.45) is 0. The summed E-state index contributed by atoms with van der Waals surface area (Å²) in [4.78, 5) is 0. The van der Waals surface area contributed by atoms with Crippen molar-refractivity contribution in [3.8, 4) is 0 Å². The van der Waals surface area contributed by atoms with Gasteiger partial charge in [-0.1, -0.05) is 60.7 Å². The molecule has 0 nitrogen and oxygen atoms in total. The second-order valence-electron chi connectivity index (χ2n) is 4.50. The van der Waals surface area contributed by atoms with Crippen molar-refractivity contribution in [1.82, 2.24) is 0 Å². The van der Waals surface area contributed by atoms with Crippen LogP contribution in [-0.4, -0.2) is 0 Å². The van der Waals surface area contributed by atoms with E-state index in [9.17, 15) is 0 Å². The fraction of sp³-hybridized carbons (Fsp3) is 0. The van der Waals surface area contributed by atoms with Gasteiger partial charge in [0.05, 0.1) is 2.74 Å². The number of hydrogen-bond acceptors (Lipinski definition) is 0. The lowest BCUT2D eigenvalue weighted by atomic mass is 9.98. The molecule has 0 saturated carbocycles. The zero-order valence-corrected chi connectivity index (χ0v) is 9.77. The molecule has 84 valence electrons. The number of rotatable bonds is 0. The molecule has 0 atom stereocenters. The molecule has 0 radical (unpaired) electrons. The van der Waals surface area contributed by atoms with Gasteiger partial charge < -0.3 is 0 Å². The normalized spacial score (nSPS) is 12.9. The van der Waals surface area contributed by atoms with Crippen LogP contribution in [0.2, 0.25) is 0 Å². The number of hydrogen-bond donors (Lipinski definition) is 0. The van der Waals surface area contributed by atoms with E-state index < -0.39 is 0 Å². The molecule has 0 aliphatic carbocycles. The van der Waals surface area contributed by atoms with Crippen LogP contribution in [-0.2, 0) is 0 Å². The van der Waals surface area contributed by atoms with Crippen LogP contribution in [0.25, 0.3) is 32.3 Å². The van der Waals surface area contributed by atoms with Gasteiger partial charge in [0, 0.05) is 0 Å². The Hall–Kier alpha value is -2.34. The van der Waals surface area contributed by atoms with Gasteiger partial charge in [0.25, 0.3) is 0 Å². The van der Waals surface area contributed by atoms with Gasteiger partial charge in [-0.25, -0.2) is 0 Å². The maximum atomic E-state index is 8.53. The van der Waals surface area contributed by atoms with Gasteiger partial charge in [-0.15, -0.1) is 0 Å². The van der Waals surface area contributed by atoms with E-state index in [1.807, 2.05) is 60.7 Å². The summed E-state index contributed by atoms with van der Waals surface area (Å²) < 4.78 is 16.9. The minimum Gasteiger partial charge on any atom is -0.0616 e. The van der Waals surface area contributed by atoms with E-state index in [-0.39, 0.29) is 0 Å². The predicted molar refractivity (Wildman–Crippen MR) is 79.0 cm³/mol. The highest BCUT2D eigenvalue weighted by Crippen LogP contribution is 2.29. The third-order valence-electron chi connectivity index (χ3n) is 3.39. The molecule has 0 spiro atoms. The molecule has 0 aromatic heterocycles. The smallest absolute Gasteiger partial charge is 0.0616 e. The van der Waals surface area contributed by atoms with Crippen molar-refractivity contribution in [3.05, 3.63) is 72.7 Å². The van der Waals surface area contributed by atoms with Gasteiger partial charge in [-0.2, -0.15) is 0 Å². The second-order valence-corrected chi connectivity index (χ2v) is 4.50. The van der Waals surface area contributed by atoms with Crippen LogP contribution in [0.1, 0.15) is 2.74 Å². The highest BCUT2D eigenvalue weighted by atomic mass is 14.1. The standard InChI is InChI=1S/C18H12/c1-2-7-15-12-18-16(11-14(15)6-1)10-9-13-5-3-4-8-17(13)18/h1-12H/i11D,12D. The van der Waals surface area contributed by atoms with E-state index in [0.717, 1.165) is 32.3 Å². The fourth-order valence-electron chi connectivity index (χ4n) is 2.49. The van der Waals surface area contributed by atoms with E-state index in [0.29, 0.717) is 12.1 Å². The van der Waals surface area contributed by atoms with Crippen LogP contribution in [0.3, 0.4) is 0 Å². The van der Waals surface area contributed by atoms with Crippen molar-refractivity contribution >= 4 is 32.3 Å². The summed E-state index contributed by atoms with van der Waals surface area (Å²) in [5.41, 5.74) is 0. The van der Waals surface area contributed by atoms with Crippen LogP contribution in [0.4, 0.5) is 0 Å². The first-order chi connectivity index (χ1) is 9.77. The minimum absolute atomic E-state index is 0.511. The van der Waals surface area contributed by atoms with Crippen LogP contribution in [0.15, 0.2) is 72.7 Å². The molecule has 4 rings (SSSR count). The summed E-state index contributed by atoms with van der Waals surface area (Å²) >= 11 is 0. The zero-order valence-electron chi connectivity index (χ0n) is 11.8. The summed E-state index contributed by atoms with van der Waals surface area (Å²) in [5.74, 6) is 0. The topological polar surface area (TPSA) is 0 Å². The van der Waals surface area contributed by atoms with Gasteiger partial charge in [0.15, 0.2) is 0 Å². The lowest BCUT2D eigenvalue weighted by molar-refractivity contribution is 1.77. The molecule has 0 fully saturated rings. The van der Waals surface area contributed by atoms with Gasteiger partial charge >= 0.3 is 0 Å². The number of benzene rings is 4. The van der Waals surface area contributed by atoms with Crippen molar-refractivity contribution in [2.75, 3.05) is 0 Å². The van der Waals surface area contributed by atoms with Crippen molar-refractivity contribution in [2.45, 2.75) is 0 Å². The van der Waals surface area contributed by atoms with E-state index >= 15 is 0 Å². The summed E-state index contributed by atoms with van der Waals surface area (Å²) in [7, 11) is 0. The SMILES string of the molecule is [2H]c1c2ccccc2c([2H])c2c1ccc1ccccc12. The zero-order chi connectivity index (χ0) is 13.7. The maximum Gasteiger partial charge on any atom is 0.0636 e. The molecule has 4 aromatic rings. The summed E-state index contributed by atoms with van der Waals surface area (Å²) in [5, 5.41) is 5.60. The predicted octanol–water partition coefficient (Wildman–Crippen LogP) is 5.15. The molecule has 0 heterocycles. The molecule has 0 heteroatoms. The third-order valence-corrected chi connectivity index (χ3v) is 3.39. The first-order valence-corrected chi connectivity index (χ1v) is 6.07. The summed E-state index contributed by atoms with van der Waals surface area (Å²) in [6.45, 7) is 0. The van der Waals surface area contributed by atoms with Crippen molar-refractivity contribution < 1.29 is 2.74 Å². The van der Waals surface area contributed by atoms with E-state index in [1.54, 1.807) is 0 Å². The monoisotopic (exact) mass is 230 g/mol. The Bertz CT molecular complexity index is 971. The molecular weight excluding hydrogens is 216 g/mol. The first kappa shape index (κ1) is 7.88. The largest absolute Gasteiger partial charge is 0.0636 e. The highest BCUT2D eigenvalue weighted by molar-refractivity contribution is 6.11. The van der Waals surface area contributed by atoms with Gasteiger partial charge in [-0.05, 0) is 44.4 Å². The maximum absolute atomic E-state index is 8.53. The molecule has 4 aromatic carbocycles. The van der Waals surface area contributed by atoms with Crippen molar-refractivity contribution in [1.29, 1.82) is 0 Å². The molecule has 0 unspecified atom stereocenters. The van der Waals surface area contributed by atoms with Crippen LogP contribution in [0, 0.1) is 0 Å². The molecule has 0 saturated heterocycles. The van der Waals surface area contributed by atoms with E-state index in [1.165, 1.54) is 0 Å². The molecule has 0 aliphatic rings. The molecule has 0 amide bonds. The lowest BCUT2D eigenvalue weighted by Gasteiger charge is -2.06. The molecule has 0 aliphatic heterocycles. The van der Waals surface area contributed by atoms with Crippen molar-refractivity contribution in [2.24, 2.45) is 0 Å². The Kier molecular flexibility index (Phi) is 1.57. The minimum atomic E-state index is 0.511. The highest BCUT2D eigenvalue weighted by Gasteiger charge is 2.01. The van der Waals surface area contributed by atoms with E-state index in [2.05, 4.69) is 0 Å². The van der Waals surface area contributed by atoms with Crippen LogP contribution >= 0.6 is 0 Å². The fourth-order valence-corrected chi connectivity index (χ4v) is 2.49. The molecular formula is C18H12.